The van der Waals surface area contributed by atoms with E-state index >= 15 is 0 Å². The predicted molar refractivity (Wildman–Crippen MR) is 46.2 cm³/mol. The van der Waals surface area contributed by atoms with Crippen LogP contribution in [0.25, 0.3) is 0 Å². The summed E-state index contributed by atoms with van der Waals surface area (Å²) in [4.78, 5) is 0. The molecule has 56 valence electrons. The van der Waals surface area contributed by atoms with Gasteiger partial charge in [0.15, 0.2) is 0 Å². The molecule has 1 N–H and O–H groups in total. The smallest absolute Gasteiger partial charge is 0.00553 e. The Morgan fingerprint density at radius 1 is 1.33 bits per heavy atom. The molecule has 0 spiro atoms. The number of hydrogen-bond donors (Lipinski definition) is 1. The summed E-state index contributed by atoms with van der Waals surface area (Å²) in [5.74, 6) is 1.24. The minimum Gasteiger partial charge on any atom is -0.316 e. The molecule has 0 fully saturated rings. The molecule has 0 heterocycles. The third-order valence-corrected chi connectivity index (χ3v) is 1.80. The normalized spacial score (nSPS) is 10.0. The van der Waals surface area contributed by atoms with Crippen LogP contribution in [-0.4, -0.2) is 25.1 Å². The molecular weight excluding hydrogens is 130 g/mol. The molecule has 0 amide bonds. The van der Waals surface area contributed by atoms with Gasteiger partial charge in [0.05, 0.1) is 0 Å². The molecule has 0 saturated heterocycles. The first-order valence-electron chi connectivity index (χ1n) is 3.61. The van der Waals surface area contributed by atoms with Gasteiger partial charge in [-0.3, -0.25) is 0 Å². The van der Waals surface area contributed by atoms with Crippen LogP contribution in [0.1, 0.15) is 19.8 Å². The lowest BCUT2D eigenvalue weighted by Gasteiger charge is -1.99. The highest BCUT2D eigenvalue weighted by molar-refractivity contribution is 7.98. The third-order valence-electron chi connectivity index (χ3n) is 1.19. The van der Waals surface area contributed by atoms with E-state index in [1.807, 2.05) is 11.8 Å². The van der Waals surface area contributed by atoms with Gasteiger partial charge in [-0.15, -0.1) is 0 Å². The maximum absolute atomic E-state index is 3.37. The summed E-state index contributed by atoms with van der Waals surface area (Å²) in [5, 5.41) is 3.37. The Kier molecular flexibility index (Phi) is 8.60. The van der Waals surface area contributed by atoms with Crippen LogP contribution in [0, 0.1) is 0 Å². The van der Waals surface area contributed by atoms with Gasteiger partial charge in [0.2, 0.25) is 0 Å². The van der Waals surface area contributed by atoms with Crippen LogP contribution in [0.4, 0.5) is 0 Å². The number of hydrogen-bond acceptors (Lipinski definition) is 2. The minimum atomic E-state index is 1.17. The molecule has 0 rings (SSSR count). The highest BCUT2D eigenvalue weighted by atomic mass is 32.2. The van der Waals surface area contributed by atoms with Gasteiger partial charge >= 0.3 is 0 Å². The molecule has 2 heteroatoms. The fourth-order valence-corrected chi connectivity index (χ4v) is 0.949. The van der Waals surface area contributed by atoms with Crippen LogP contribution in [0.2, 0.25) is 0 Å². The second-order valence-corrected chi connectivity index (χ2v) is 3.08. The lowest BCUT2D eigenvalue weighted by Crippen LogP contribution is -2.17. The molecule has 1 nitrogen and oxygen atoms in total. The van der Waals surface area contributed by atoms with Crippen molar-refractivity contribution >= 4 is 11.8 Å². The van der Waals surface area contributed by atoms with Crippen LogP contribution in [-0.2, 0) is 0 Å². The molecule has 0 atom stereocenters. The Morgan fingerprint density at radius 2 is 2.11 bits per heavy atom. The van der Waals surface area contributed by atoms with Gasteiger partial charge < -0.3 is 5.32 Å². The lowest BCUT2D eigenvalue weighted by molar-refractivity contribution is 0.666. The Bertz CT molecular complexity index is 42.2. The zero-order valence-corrected chi connectivity index (χ0v) is 7.26. The van der Waals surface area contributed by atoms with Crippen molar-refractivity contribution in [1.29, 1.82) is 0 Å². The van der Waals surface area contributed by atoms with Gasteiger partial charge in [-0.1, -0.05) is 13.3 Å². The molecule has 0 aromatic rings. The first kappa shape index (κ1) is 9.31. The molecule has 0 aromatic heterocycles. The van der Waals surface area contributed by atoms with Crippen molar-refractivity contribution in [2.24, 2.45) is 0 Å². The van der Waals surface area contributed by atoms with E-state index in [1.165, 1.54) is 31.7 Å². The van der Waals surface area contributed by atoms with E-state index in [4.69, 9.17) is 0 Å². The SMILES string of the molecule is CCCCNCCSC. The van der Waals surface area contributed by atoms with Crippen LogP contribution in [0.5, 0.6) is 0 Å². The van der Waals surface area contributed by atoms with Gasteiger partial charge in [-0.05, 0) is 19.2 Å². The summed E-state index contributed by atoms with van der Waals surface area (Å²) in [6.45, 7) is 4.58. The van der Waals surface area contributed by atoms with E-state index in [1.54, 1.807) is 0 Å². The van der Waals surface area contributed by atoms with Crippen molar-refractivity contribution in [1.82, 2.24) is 5.32 Å². The summed E-state index contributed by atoms with van der Waals surface area (Å²) in [5.41, 5.74) is 0. The molecule has 0 aliphatic carbocycles. The molecule has 0 bridgehead atoms. The van der Waals surface area contributed by atoms with Gasteiger partial charge in [0, 0.05) is 12.3 Å². The summed E-state index contributed by atoms with van der Waals surface area (Å²) < 4.78 is 0. The lowest BCUT2D eigenvalue weighted by atomic mass is 10.3. The minimum absolute atomic E-state index is 1.17. The average Bonchev–Trinajstić information content (AvgIpc) is 1.89. The molecular formula is C7H17NS. The topological polar surface area (TPSA) is 12.0 Å². The fourth-order valence-electron chi connectivity index (χ4n) is 0.601. The van der Waals surface area contributed by atoms with Crippen molar-refractivity contribution < 1.29 is 0 Å². The number of unbranched alkanes of at least 4 members (excludes halogenated alkanes) is 1. The van der Waals surface area contributed by atoms with Crippen molar-refractivity contribution in [3.63, 3.8) is 0 Å². The molecule has 0 unspecified atom stereocenters. The van der Waals surface area contributed by atoms with E-state index in [0.717, 1.165) is 0 Å². The predicted octanol–water partition coefficient (Wildman–Crippen LogP) is 1.74. The highest BCUT2D eigenvalue weighted by Gasteiger charge is 1.83. The molecule has 0 aliphatic rings. The van der Waals surface area contributed by atoms with E-state index < -0.39 is 0 Å². The maximum Gasteiger partial charge on any atom is 0.00553 e. The molecule has 0 aliphatic heterocycles. The largest absolute Gasteiger partial charge is 0.316 e. The van der Waals surface area contributed by atoms with Gasteiger partial charge in [0.1, 0.15) is 0 Å². The molecule has 0 radical (unpaired) electrons. The van der Waals surface area contributed by atoms with Crippen molar-refractivity contribution in [3.8, 4) is 0 Å². The van der Waals surface area contributed by atoms with Crippen LogP contribution in [0.3, 0.4) is 0 Å². The monoisotopic (exact) mass is 147 g/mol. The Hall–Kier alpha value is 0.310. The molecule has 9 heavy (non-hydrogen) atoms. The second kappa shape index (κ2) is 8.31. The van der Waals surface area contributed by atoms with E-state index in [9.17, 15) is 0 Å². The summed E-state index contributed by atoms with van der Waals surface area (Å²) >= 11 is 1.90. The van der Waals surface area contributed by atoms with Crippen LogP contribution >= 0.6 is 11.8 Å². The Labute approximate surface area is 62.6 Å². The number of thioether (sulfide) groups is 1. The van der Waals surface area contributed by atoms with E-state index in [0.29, 0.717) is 0 Å². The quantitative estimate of drug-likeness (QED) is 0.574. The van der Waals surface area contributed by atoms with Crippen molar-refractivity contribution in [2.45, 2.75) is 19.8 Å². The highest BCUT2D eigenvalue weighted by Crippen LogP contribution is 1.87. The first-order valence-corrected chi connectivity index (χ1v) is 5.00. The third kappa shape index (κ3) is 8.31. The van der Waals surface area contributed by atoms with Crippen molar-refractivity contribution in [3.05, 3.63) is 0 Å². The number of rotatable bonds is 6. The van der Waals surface area contributed by atoms with Gasteiger partial charge in [-0.2, -0.15) is 11.8 Å². The molecule has 0 saturated carbocycles. The summed E-state index contributed by atoms with van der Waals surface area (Å²) in [6, 6.07) is 0. The molecule has 0 aromatic carbocycles. The second-order valence-electron chi connectivity index (χ2n) is 2.10. The zero-order valence-electron chi connectivity index (χ0n) is 6.44. The fraction of sp³-hybridized carbons (Fsp3) is 1.00. The Balaban J connectivity index is 2.60. The van der Waals surface area contributed by atoms with Crippen molar-refractivity contribution in [2.75, 3.05) is 25.1 Å². The van der Waals surface area contributed by atoms with E-state index in [2.05, 4.69) is 18.5 Å². The first-order chi connectivity index (χ1) is 4.41. The average molecular weight is 147 g/mol. The van der Waals surface area contributed by atoms with Crippen LogP contribution < -0.4 is 5.32 Å². The van der Waals surface area contributed by atoms with E-state index in [-0.39, 0.29) is 0 Å². The Morgan fingerprint density at radius 3 is 2.67 bits per heavy atom. The standard InChI is InChI=1S/C7H17NS/c1-3-4-5-8-6-7-9-2/h8H,3-7H2,1-2H3. The summed E-state index contributed by atoms with van der Waals surface area (Å²) in [6.07, 6.45) is 4.75. The summed E-state index contributed by atoms with van der Waals surface area (Å²) in [7, 11) is 0. The maximum atomic E-state index is 3.37. The van der Waals surface area contributed by atoms with Gasteiger partial charge in [-0.25, -0.2) is 0 Å². The number of nitrogens with one attached hydrogen (secondary N) is 1. The van der Waals surface area contributed by atoms with Gasteiger partial charge in [0.25, 0.3) is 0 Å². The van der Waals surface area contributed by atoms with Crippen LogP contribution in [0.15, 0.2) is 0 Å². The zero-order chi connectivity index (χ0) is 6.95.